The second-order valence-electron chi connectivity index (χ2n) is 7.18. The molecular weight excluding hydrogens is 388 g/mol. The Morgan fingerprint density at radius 3 is 3.03 bits per heavy atom. The number of benzene rings is 1. The van der Waals surface area contributed by atoms with Crippen LogP contribution in [-0.4, -0.2) is 52.5 Å². The van der Waals surface area contributed by atoms with Crippen molar-refractivity contribution >= 4 is 34.5 Å². The number of nitrogens with one attached hydrogen (secondary N) is 1. The molecule has 1 unspecified atom stereocenters. The molecule has 2 aromatic rings. The monoisotopic (exact) mass is 410 g/mol. The highest BCUT2D eigenvalue weighted by Crippen LogP contribution is 2.30. The predicted molar refractivity (Wildman–Crippen MR) is 110 cm³/mol. The zero-order chi connectivity index (χ0) is 20.2. The van der Waals surface area contributed by atoms with E-state index in [9.17, 15) is 9.59 Å². The highest BCUT2D eigenvalue weighted by atomic mass is 32.2. The van der Waals surface area contributed by atoms with E-state index in [-0.39, 0.29) is 24.5 Å². The standard InChI is InChI=1S/C21H22N4O3S/c22-10-15-12-29-13-25(15)20(26)11-24-21(27)16-6-7-23-18-5-4-14(9-17(16)18)19-3-1-2-8-28-19/h4-7,9,15,19H,1-3,8,11-13H2,(H,24,27)/t15-,19?/m1/s1. The minimum atomic E-state index is -0.427. The average Bonchev–Trinajstić information content (AvgIpc) is 3.26. The Morgan fingerprint density at radius 2 is 2.24 bits per heavy atom. The third-order valence-electron chi connectivity index (χ3n) is 5.31. The van der Waals surface area contributed by atoms with E-state index >= 15 is 0 Å². The second-order valence-corrected chi connectivity index (χ2v) is 8.18. The normalized spacial score (nSPS) is 21.7. The van der Waals surface area contributed by atoms with E-state index in [4.69, 9.17) is 10.00 Å². The molecular formula is C21H22N4O3S. The zero-order valence-electron chi connectivity index (χ0n) is 16.0. The van der Waals surface area contributed by atoms with Gasteiger partial charge in [-0.1, -0.05) is 6.07 Å². The molecule has 0 aliphatic carbocycles. The fourth-order valence-electron chi connectivity index (χ4n) is 3.71. The third kappa shape index (κ3) is 4.21. The van der Waals surface area contributed by atoms with Gasteiger partial charge in [-0.15, -0.1) is 11.8 Å². The Hall–Kier alpha value is -2.63. The van der Waals surface area contributed by atoms with Crippen LogP contribution in [-0.2, 0) is 9.53 Å². The molecule has 2 amide bonds. The molecule has 1 aromatic carbocycles. The molecule has 29 heavy (non-hydrogen) atoms. The molecule has 3 heterocycles. The lowest BCUT2D eigenvalue weighted by Gasteiger charge is -2.23. The summed E-state index contributed by atoms with van der Waals surface area (Å²) in [6.07, 6.45) is 4.81. The number of rotatable bonds is 4. The Labute approximate surface area is 173 Å². The summed E-state index contributed by atoms with van der Waals surface area (Å²) in [7, 11) is 0. The summed E-state index contributed by atoms with van der Waals surface area (Å²) >= 11 is 1.54. The van der Waals surface area contributed by atoms with Gasteiger partial charge in [0.15, 0.2) is 0 Å². The third-order valence-corrected chi connectivity index (χ3v) is 6.33. The summed E-state index contributed by atoms with van der Waals surface area (Å²) in [6.45, 7) is 0.622. The fourth-order valence-corrected chi connectivity index (χ4v) is 4.82. The van der Waals surface area contributed by atoms with E-state index in [0.717, 1.165) is 42.3 Å². The first kappa shape index (κ1) is 19.7. The van der Waals surface area contributed by atoms with Crippen LogP contribution in [0.25, 0.3) is 10.9 Å². The SMILES string of the molecule is N#C[C@@H]1CSCN1C(=O)CNC(=O)c1ccnc2ccc(C3CCCCO3)cc12. The van der Waals surface area contributed by atoms with Gasteiger partial charge in [0.05, 0.1) is 35.7 Å². The number of fused-ring (bicyclic) bond motifs is 1. The summed E-state index contributed by atoms with van der Waals surface area (Å²) < 4.78 is 5.87. The molecule has 2 aliphatic heterocycles. The van der Waals surface area contributed by atoms with Gasteiger partial charge in [-0.3, -0.25) is 14.6 Å². The molecule has 1 N–H and O–H groups in total. The lowest BCUT2D eigenvalue weighted by atomic mass is 9.98. The zero-order valence-corrected chi connectivity index (χ0v) is 16.8. The van der Waals surface area contributed by atoms with Gasteiger partial charge < -0.3 is 15.0 Å². The highest BCUT2D eigenvalue weighted by molar-refractivity contribution is 7.99. The molecule has 0 spiro atoms. The first-order chi connectivity index (χ1) is 14.2. The molecule has 2 aliphatic rings. The van der Waals surface area contributed by atoms with Crippen molar-refractivity contribution in [3.63, 3.8) is 0 Å². The first-order valence-corrected chi connectivity index (χ1v) is 10.9. The number of hydrogen-bond acceptors (Lipinski definition) is 6. The van der Waals surface area contributed by atoms with Crippen LogP contribution >= 0.6 is 11.8 Å². The minimum Gasteiger partial charge on any atom is -0.374 e. The summed E-state index contributed by atoms with van der Waals surface area (Å²) in [6, 6.07) is 9.24. The number of hydrogen-bond donors (Lipinski definition) is 1. The second kappa shape index (κ2) is 8.80. The largest absolute Gasteiger partial charge is 0.374 e. The minimum absolute atomic E-state index is 0.0430. The van der Waals surface area contributed by atoms with Crippen molar-refractivity contribution in [2.24, 2.45) is 0 Å². The Morgan fingerprint density at radius 1 is 1.34 bits per heavy atom. The van der Waals surface area contributed by atoms with E-state index in [1.807, 2.05) is 18.2 Å². The van der Waals surface area contributed by atoms with Crippen molar-refractivity contribution in [1.82, 2.24) is 15.2 Å². The lowest BCUT2D eigenvalue weighted by Crippen LogP contribution is -2.42. The fraction of sp³-hybridized carbons (Fsp3) is 0.429. The van der Waals surface area contributed by atoms with Crippen molar-refractivity contribution in [2.75, 3.05) is 24.8 Å². The van der Waals surface area contributed by atoms with Crippen LogP contribution in [0.5, 0.6) is 0 Å². The van der Waals surface area contributed by atoms with Gasteiger partial charge >= 0.3 is 0 Å². The van der Waals surface area contributed by atoms with Gasteiger partial charge in [0.25, 0.3) is 5.91 Å². The smallest absolute Gasteiger partial charge is 0.252 e. The number of nitrogens with zero attached hydrogens (tertiary/aromatic N) is 3. The highest BCUT2D eigenvalue weighted by Gasteiger charge is 2.29. The lowest BCUT2D eigenvalue weighted by molar-refractivity contribution is -0.129. The van der Waals surface area contributed by atoms with Crippen molar-refractivity contribution in [3.05, 3.63) is 41.6 Å². The summed E-state index contributed by atoms with van der Waals surface area (Å²) in [5.41, 5.74) is 2.25. The Balaban J connectivity index is 1.51. The Bertz CT molecular complexity index is 968. The summed E-state index contributed by atoms with van der Waals surface area (Å²) in [4.78, 5) is 31.1. The van der Waals surface area contributed by atoms with Crippen molar-refractivity contribution in [3.8, 4) is 6.07 Å². The van der Waals surface area contributed by atoms with Gasteiger partial charge in [0.2, 0.25) is 5.91 Å². The molecule has 2 atom stereocenters. The molecule has 0 saturated carbocycles. The maximum Gasteiger partial charge on any atom is 0.252 e. The summed E-state index contributed by atoms with van der Waals surface area (Å²) in [5.74, 6) is 0.518. The number of ether oxygens (including phenoxy) is 1. The number of aromatic nitrogens is 1. The van der Waals surface area contributed by atoms with Gasteiger partial charge in [0.1, 0.15) is 6.04 Å². The molecule has 8 heteroatoms. The van der Waals surface area contributed by atoms with Crippen molar-refractivity contribution in [1.29, 1.82) is 5.26 Å². The number of carbonyl (C=O) groups is 2. The molecule has 0 bridgehead atoms. The van der Waals surface area contributed by atoms with Crippen molar-refractivity contribution in [2.45, 2.75) is 31.4 Å². The predicted octanol–water partition coefficient (Wildman–Crippen LogP) is 2.63. The topological polar surface area (TPSA) is 95.3 Å². The number of nitriles is 1. The van der Waals surface area contributed by atoms with Gasteiger partial charge in [0, 0.05) is 23.9 Å². The maximum absolute atomic E-state index is 12.8. The molecule has 2 saturated heterocycles. The molecule has 4 rings (SSSR count). The Kier molecular flexibility index (Phi) is 5.97. The number of thioether (sulfide) groups is 1. The van der Waals surface area contributed by atoms with Gasteiger partial charge in [-0.05, 0) is 43.0 Å². The summed E-state index contributed by atoms with van der Waals surface area (Å²) in [5, 5.41) is 12.6. The van der Waals surface area contributed by atoms with Gasteiger partial charge in [-0.2, -0.15) is 5.26 Å². The number of pyridine rings is 1. The number of amides is 2. The molecule has 7 nitrogen and oxygen atoms in total. The van der Waals surface area contributed by atoms with E-state index in [1.54, 1.807) is 24.0 Å². The van der Waals surface area contributed by atoms with Crippen LogP contribution in [0.3, 0.4) is 0 Å². The number of carbonyl (C=O) groups excluding carboxylic acids is 2. The molecule has 0 radical (unpaired) electrons. The van der Waals surface area contributed by atoms with Crippen LogP contribution in [0.4, 0.5) is 0 Å². The molecule has 2 fully saturated rings. The van der Waals surface area contributed by atoms with Crippen LogP contribution in [0, 0.1) is 11.3 Å². The van der Waals surface area contributed by atoms with Crippen molar-refractivity contribution < 1.29 is 14.3 Å². The quantitative estimate of drug-likeness (QED) is 0.833. The van der Waals surface area contributed by atoms with E-state index < -0.39 is 6.04 Å². The van der Waals surface area contributed by atoms with E-state index in [2.05, 4.69) is 16.4 Å². The van der Waals surface area contributed by atoms with Crippen LogP contribution in [0.15, 0.2) is 30.5 Å². The molecule has 150 valence electrons. The van der Waals surface area contributed by atoms with E-state index in [0.29, 0.717) is 17.2 Å². The van der Waals surface area contributed by atoms with Gasteiger partial charge in [-0.25, -0.2) is 0 Å². The molecule has 1 aromatic heterocycles. The maximum atomic E-state index is 12.8. The van der Waals surface area contributed by atoms with Crippen LogP contribution in [0.2, 0.25) is 0 Å². The first-order valence-electron chi connectivity index (χ1n) is 9.72. The van der Waals surface area contributed by atoms with Crippen LogP contribution < -0.4 is 5.32 Å². The van der Waals surface area contributed by atoms with Crippen LogP contribution in [0.1, 0.15) is 41.3 Å². The van der Waals surface area contributed by atoms with E-state index in [1.165, 1.54) is 4.90 Å². The average molecular weight is 410 g/mol.